The molecule has 0 saturated carbocycles. The van der Waals surface area contributed by atoms with Gasteiger partial charge in [0.2, 0.25) is 5.91 Å². The summed E-state index contributed by atoms with van der Waals surface area (Å²) in [7, 11) is 0. The molecular formula is C13H28N4O. The maximum atomic E-state index is 11.0. The summed E-state index contributed by atoms with van der Waals surface area (Å²) in [6, 6.07) is 0.731. The number of hydrazine groups is 1. The molecule has 1 aliphatic heterocycles. The number of carbonyl (C=O) groups is 1. The molecule has 0 atom stereocenters. The van der Waals surface area contributed by atoms with Crippen LogP contribution in [0.5, 0.6) is 0 Å². The molecule has 1 heterocycles. The highest BCUT2D eigenvalue weighted by Crippen LogP contribution is 2.13. The van der Waals surface area contributed by atoms with Crippen molar-refractivity contribution in [2.24, 2.45) is 5.84 Å². The summed E-state index contributed by atoms with van der Waals surface area (Å²) in [6.45, 7) is 6.79. The lowest BCUT2D eigenvalue weighted by atomic mass is 10.0. The van der Waals surface area contributed by atoms with Gasteiger partial charge in [-0.2, -0.15) is 0 Å². The Morgan fingerprint density at radius 1 is 1.33 bits per heavy atom. The average Bonchev–Trinajstić information content (AvgIpc) is 2.43. The zero-order chi connectivity index (χ0) is 13.2. The van der Waals surface area contributed by atoms with Gasteiger partial charge in [-0.3, -0.25) is 10.2 Å². The molecule has 1 amide bonds. The molecule has 0 aromatic rings. The summed E-state index contributed by atoms with van der Waals surface area (Å²) in [5, 5.41) is 3.41. The molecule has 0 aliphatic carbocycles. The number of hydrogen-bond acceptors (Lipinski definition) is 4. The molecule has 0 spiro atoms. The van der Waals surface area contributed by atoms with Crippen LogP contribution in [0, 0.1) is 0 Å². The molecule has 1 saturated heterocycles. The number of hydrogen-bond donors (Lipinski definition) is 3. The molecule has 0 aromatic heterocycles. The van der Waals surface area contributed by atoms with Crippen LogP contribution < -0.4 is 16.6 Å². The second-order valence-electron chi connectivity index (χ2n) is 5.04. The molecule has 4 N–H and O–H groups in total. The van der Waals surface area contributed by atoms with Gasteiger partial charge < -0.3 is 10.2 Å². The van der Waals surface area contributed by atoms with E-state index >= 15 is 0 Å². The van der Waals surface area contributed by atoms with E-state index in [0.717, 1.165) is 38.5 Å². The summed E-state index contributed by atoms with van der Waals surface area (Å²) < 4.78 is 0. The third-order valence-corrected chi connectivity index (χ3v) is 3.60. The molecule has 0 unspecified atom stereocenters. The zero-order valence-electron chi connectivity index (χ0n) is 11.6. The van der Waals surface area contributed by atoms with Crippen LogP contribution in [-0.4, -0.2) is 43.0 Å². The van der Waals surface area contributed by atoms with Crippen LogP contribution in [0.15, 0.2) is 0 Å². The molecule has 1 fully saturated rings. The highest BCUT2D eigenvalue weighted by molar-refractivity contribution is 5.75. The number of unbranched alkanes of at least 4 members (excludes halogenated alkanes) is 1. The van der Waals surface area contributed by atoms with Gasteiger partial charge in [0, 0.05) is 12.5 Å². The van der Waals surface area contributed by atoms with Gasteiger partial charge in [0.1, 0.15) is 0 Å². The molecule has 1 rings (SSSR count). The van der Waals surface area contributed by atoms with Gasteiger partial charge in [-0.05, 0) is 58.3 Å². The second kappa shape index (κ2) is 9.30. The first-order chi connectivity index (χ1) is 8.77. The molecule has 0 radical (unpaired) electrons. The van der Waals surface area contributed by atoms with E-state index < -0.39 is 0 Å². The Labute approximate surface area is 110 Å². The van der Waals surface area contributed by atoms with Crippen molar-refractivity contribution in [1.82, 2.24) is 15.6 Å². The highest BCUT2D eigenvalue weighted by atomic mass is 16.2. The lowest BCUT2D eigenvalue weighted by molar-refractivity contribution is -0.121. The van der Waals surface area contributed by atoms with E-state index in [1.807, 2.05) is 0 Å². The normalized spacial score (nSPS) is 17.1. The standard InChI is InChI=1S/C13H28N4O/c1-2-10-17(12-6-8-15-9-7-12)11-4-3-5-13(18)16-14/h12,15H,2-11,14H2,1H3,(H,16,18). The first-order valence-corrected chi connectivity index (χ1v) is 7.22. The van der Waals surface area contributed by atoms with Gasteiger partial charge in [0.25, 0.3) is 0 Å². The van der Waals surface area contributed by atoms with Gasteiger partial charge in [0.15, 0.2) is 0 Å². The Bertz CT molecular complexity index is 229. The molecule has 5 heteroatoms. The Kier molecular flexibility index (Phi) is 7.96. The Morgan fingerprint density at radius 2 is 2.06 bits per heavy atom. The molecule has 18 heavy (non-hydrogen) atoms. The van der Waals surface area contributed by atoms with Crippen molar-refractivity contribution in [3.63, 3.8) is 0 Å². The number of nitrogens with one attached hydrogen (secondary N) is 2. The van der Waals surface area contributed by atoms with Crippen molar-refractivity contribution >= 4 is 5.91 Å². The molecule has 1 aliphatic rings. The van der Waals surface area contributed by atoms with Crippen molar-refractivity contribution < 1.29 is 4.79 Å². The van der Waals surface area contributed by atoms with Crippen molar-refractivity contribution in [1.29, 1.82) is 0 Å². The van der Waals surface area contributed by atoms with Crippen LogP contribution in [-0.2, 0) is 4.79 Å². The van der Waals surface area contributed by atoms with Crippen LogP contribution in [0.2, 0.25) is 0 Å². The lowest BCUT2D eigenvalue weighted by Gasteiger charge is -2.34. The lowest BCUT2D eigenvalue weighted by Crippen LogP contribution is -2.43. The van der Waals surface area contributed by atoms with Crippen molar-refractivity contribution in [3.05, 3.63) is 0 Å². The largest absolute Gasteiger partial charge is 0.317 e. The van der Waals surface area contributed by atoms with Crippen LogP contribution in [0.3, 0.4) is 0 Å². The SMILES string of the molecule is CCCN(CCCCC(=O)NN)C1CCNCC1. The van der Waals surface area contributed by atoms with E-state index in [1.54, 1.807) is 0 Å². The minimum atomic E-state index is -0.0566. The van der Waals surface area contributed by atoms with E-state index in [0.29, 0.717) is 6.42 Å². The molecule has 106 valence electrons. The fraction of sp³-hybridized carbons (Fsp3) is 0.923. The highest BCUT2D eigenvalue weighted by Gasteiger charge is 2.19. The Balaban J connectivity index is 2.22. The zero-order valence-corrected chi connectivity index (χ0v) is 11.6. The third-order valence-electron chi connectivity index (χ3n) is 3.60. The summed E-state index contributed by atoms with van der Waals surface area (Å²) >= 11 is 0. The fourth-order valence-electron chi connectivity index (χ4n) is 2.61. The summed E-state index contributed by atoms with van der Waals surface area (Å²) in [5.74, 6) is 5.01. The second-order valence-corrected chi connectivity index (χ2v) is 5.04. The van der Waals surface area contributed by atoms with Gasteiger partial charge in [-0.15, -0.1) is 0 Å². The predicted octanol–water partition coefficient (Wildman–Crippen LogP) is 0.611. The topological polar surface area (TPSA) is 70.4 Å². The van der Waals surface area contributed by atoms with Crippen LogP contribution in [0.1, 0.15) is 45.4 Å². The monoisotopic (exact) mass is 256 g/mol. The van der Waals surface area contributed by atoms with Crippen molar-refractivity contribution in [3.8, 4) is 0 Å². The molecule has 5 nitrogen and oxygen atoms in total. The van der Waals surface area contributed by atoms with Gasteiger partial charge in [-0.1, -0.05) is 6.92 Å². The van der Waals surface area contributed by atoms with Gasteiger partial charge >= 0.3 is 0 Å². The number of piperidine rings is 1. The maximum Gasteiger partial charge on any atom is 0.233 e. The molecular weight excluding hydrogens is 228 g/mol. The summed E-state index contributed by atoms with van der Waals surface area (Å²) in [5.41, 5.74) is 2.18. The van der Waals surface area contributed by atoms with Gasteiger partial charge in [-0.25, -0.2) is 5.84 Å². The van der Waals surface area contributed by atoms with E-state index in [9.17, 15) is 4.79 Å². The number of nitrogens with two attached hydrogens (primary N) is 1. The van der Waals surface area contributed by atoms with Crippen molar-refractivity contribution in [2.75, 3.05) is 26.2 Å². The number of rotatable bonds is 8. The summed E-state index contributed by atoms with van der Waals surface area (Å²) in [6.07, 6.45) is 6.26. The average molecular weight is 256 g/mol. The first kappa shape index (κ1) is 15.4. The minimum Gasteiger partial charge on any atom is -0.317 e. The minimum absolute atomic E-state index is 0.0566. The van der Waals surface area contributed by atoms with E-state index in [4.69, 9.17) is 5.84 Å². The fourth-order valence-corrected chi connectivity index (χ4v) is 2.61. The van der Waals surface area contributed by atoms with E-state index in [1.165, 1.54) is 25.8 Å². The van der Waals surface area contributed by atoms with Crippen molar-refractivity contribution in [2.45, 2.75) is 51.5 Å². The predicted molar refractivity (Wildman–Crippen MR) is 73.9 cm³/mol. The molecule has 0 aromatic carbocycles. The van der Waals surface area contributed by atoms with Crippen LogP contribution >= 0.6 is 0 Å². The maximum absolute atomic E-state index is 11.0. The molecule has 0 bridgehead atoms. The Hall–Kier alpha value is -0.650. The van der Waals surface area contributed by atoms with E-state index in [-0.39, 0.29) is 5.91 Å². The Morgan fingerprint density at radius 3 is 2.67 bits per heavy atom. The van der Waals surface area contributed by atoms with Gasteiger partial charge in [0.05, 0.1) is 0 Å². The van der Waals surface area contributed by atoms with Crippen LogP contribution in [0.25, 0.3) is 0 Å². The van der Waals surface area contributed by atoms with Crippen LogP contribution in [0.4, 0.5) is 0 Å². The number of carbonyl (C=O) groups excluding carboxylic acids is 1. The summed E-state index contributed by atoms with van der Waals surface area (Å²) in [4.78, 5) is 13.6. The third kappa shape index (κ3) is 5.80. The van der Waals surface area contributed by atoms with E-state index in [2.05, 4.69) is 22.6 Å². The number of nitrogens with zero attached hydrogens (tertiary/aromatic N) is 1. The first-order valence-electron chi connectivity index (χ1n) is 7.22. The number of amides is 1. The quantitative estimate of drug-likeness (QED) is 0.258. The smallest absolute Gasteiger partial charge is 0.233 e.